The number of ether oxygens (including phenoxy) is 1. The maximum atomic E-state index is 13.2. The molecule has 1 atom stereocenters. The average molecular weight is 304 g/mol. The van der Waals surface area contributed by atoms with E-state index < -0.39 is 27.8 Å². The number of methoxy groups -OCH3 is 1. The number of hydrogen-bond acceptors (Lipinski definition) is 4. The zero-order valence-corrected chi connectivity index (χ0v) is 12.3. The molecule has 0 aliphatic carbocycles. The second kappa shape index (κ2) is 6.67. The first-order valence-corrected chi connectivity index (χ1v) is 7.43. The van der Waals surface area contributed by atoms with Gasteiger partial charge in [-0.25, -0.2) is 12.8 Å². The van der Waals surface area contributed by atoms with E-state index in [1.807, 2.05) is 0 Å². The molecule has 0 saturated carbocycles. The first-order valence-electron chi connectivity index (χ1n) is 5.95. The highest BCUT2D eigenvalue weighted by molar-refractivity contribution is 7.89. The highest BCUT2D eigenvalue weighted by Gasteiger charge is 2.25. The maximum Gasteiger partial charge on any atom is 0.245 e. The van der Waals surface area contributed by atoms with Crippen molar-refractivity contribution in [3.05, 3.63) is 24.0 Å². The van der Waals surface area contributed by atoms with Crippen molar-refractivity contribution >= 4 is 15.9 Å². The fraction of sp³-hybridized carbons (Fsp3) is 0.417. The maximum absolute atomic E-state index is 13.2. The number of benzene rings is 1. The molecule has 6 nitrogen and oxygen atoms in total. The molecule has 0 spiro atoms. The van der Waals surface area contributed by atoms with Gasteiger partial charge >= 0.3 is 0 Å². The normalized spacial score (nSPS) is 12.8. The van der Waals surface area contributed by atoms with Crippen molar-refractivity contribution in [2.45, 2.75) is 24.8 Å². The van der Waals surface area contributed by atoms with Gasteiger partial charge in [-0.05, 0) is 32.0 Å². The van der Waals surface area contributed by atoms with Gasteiger partial charge < -0.3 is 10.1 Å². The lowest BCUT2D eigenvalue weighted by Gasteiger charge is -2.15. The third kappa shape index (κ3) is 3.91. The SMILES string of the molecule is CCNC(=O)C(C)NS(=O)(=O)c1cc(F)ccc1OC. The van der Waals surface area contributed by atoms with Crippen LogP contribution in [-0.4, -0.2) is 34.0 Å². The van der Waals surface area contributed by atoms with Gasteiger partial charge in [0, 0.05) is 6.54 Å². The molecule has 1 aromatic carbocycles. The Morgan fingerprint density at radius 3 is 2.65 bits per heavy atom. The van der Waals surface area contributed by atoms with E-state index in [-0.39, 0.29) is 10.6 Å². The largest absolute Gasteiger partial charge is 0.495 e. The Morgan fingerprint density at radius 1 is 1.45 bits per heavy atom. The topological polar surface area (TPSA) is 84.5 Å². The fourth-order valence-corrected chi connectivity index (χ4v) is 2.92. The van der Waals surface area contributed by atoms with Crippen LogP contribution in [0.1, 0.15) is 13.8 Å². The van der Waals surface area contributed by atoms with Gasteiger partial charge in [0.25, 0.3) is 0 Å². The lowest BCUT2D eigenvalue weighted by molar-refractivity contribution is -0.122. The van der Waals surface area contributed by atoms with Gasteiger partial charge in [0.2, 0.25) is 15.9 Å². The minimum atomic E-state index is -4.06. The van der Waals surface area contributed by atoms with Crippen LogP contribution < -0.4 is 14.8 Å². The minimum Gasteiger partial charge on any atom is -0.495 e. The van der Waals surface area contributed by atoms with E-state index in [1.54, 1.807) is 6.92 Å². The zero-order valence-electron chi connectivity index (χ0n) is 11.4. The molecular formula is C12H17FN2O4S. The summed E-state index contributed by atoms with van der Waals surface area (Å²) in [5, 5.41) is 2.49. The van der Waals surface area contributed by atoms with E-state index >= 15 is 0 Å². The molecule has 0 aliphatic rings. The summed E-state index contributed by atoms with van der Waals surface area (Å²) in [5.41, 5.74) is 0. The molecule has 8 heteroatoms. The third-order valence-corrected chi connectivity index (χ3v) is 4.05. The molecule has 0 heterocycles. The zero-order chi connectivity index (χ0) is 15.3. The van der Waals surface area contributed by atoms with Crippen LogP contribution in [0.2, 0.25) is 0 Å². The summed E-state index contributed by atoms with van der Waals surface area (Å²) in [6, 6.07) is 2.16. The van der Waals surface area contributed by atoms with E-state index in [0.717, 1.165) is 12.1 Å². The molecular weight excluding hydrogens is 287 g/mol. The van der Waals surface area contributed by atoms with E-state index in [1.165, 1.54) is 20.1 Å². The lowest BCUT2D eigenvalue weighted by Crippen LogP contribution is -2.44. The van der Waals surface area contributed by atoms with Crippen LogP contribution in [0.3, 0.4) is 0 Å². The summed E-state index contributed by atoms with van der Waals surface area (Å²) in [7, 11) is -2.79. The van der Waals surface area contributed by atoms with Crippen LogP contribution in [0.25, 0.3) is 0 Å². The predicted octanol–water partition coefficient (Wildman–Crippen LogP) is 0.637. The summed E-state index contributed by atoms with van der Waals surface area (Å²) in [4.78, 5) is 11.2. The monoisotopic (exact) mass is 304 g/mol. The number of amides is 1. The van der Waals surface area contributed by atoms with E-state index in [4.69, 9.17) is 4.74 Å². The predicted molar refractivity (Wildman–Crippen MR) is 71.4 cm³/mol. The Bertz CT molecular complexity index is 589. The van der Waals surface area contributed by atoms with Gasteiger partial charge in [-0.15, -0.1) is 0 Å². The second-order valence-electron chi connectivity index (χ2n) is 4.03. The molecule has 20 heavy (non-hydrogen) atoms. The van der Waals surface area contributed by atoms with Gasteiger partial charge in [-0.3, -0.25) is 4.79 Å². The third-order valence-electron chi connectivity index (χ3n) is 2.49. The van der Waals surface area contributed by atoms with E-state index in [0.29, 0.717) is 6.54 Å². The molecule has 1 amide bonds. The Morgan fingerprint density at radius 2 is 2.10 bits per heavy atom. The lowest BCUT2D eigenvalue weighted by atomic mass is 10.3. The standard InChI is InChI=1S/C12H17FN2O4S/c1-4-14-12(16)8(2)15-20(17,18)11-7-9(13)5-6-10(11)19-3/h5-8,15H,4H2,1-3H3,(H,14,16). The number of likely N-dealkylation sites (N-methyl/N-ethyl adjacent to an activating group) is 1. The highest BCUT2D eigenvalue weighted by atomic mass is 32.2. The van der Waals surface area contributed by atoms with Crippen LogP contribution in [0, 0.1) is 5.82 Å². The summed E-state index contributed by atoms with van der Waals surface area (Å²) in [6.07, 6.45) is 0. The molecule has 2 N–H and O–H groups in total. The van der Waals surface area contributed by atoms with Gasteiger partial charge in [0.15, 0.2) is 0 Å². The Hall–Kier alpha value is -1.67. The van der Waals surface area contributed by atoms with Crippen molar-refractivity contribution in [2.75, 3.05) is 13.7 Å². The summed E-state index contributed by atoms with van der Waals surface area (Å²) in [5.74, 6) is -1.18. The van der Waals surface area contributed by atoms with Crippen LogP contribution in [-0.2, 0) is 14.8 Å². The molecule has 0 radical (unpaired) electrons. The summed E-state index contributed by atoms with van der Waals surface area (Å²) in [6.45, 7) is 3.50. The first-order chi connectivity index (χ1) is 9.31. The highest BCUT2D eigenvalue weighted by Crippen LogP contribution is 2.24. The molecule has 1 aromatic rings. The smallest absolute Gasteiger partial charge is 0.245 e. The molecule has 0 bridgehead atoms. The first kappa shape index (κ1) is 16.4. The van der Waals surface area contributed by atoms with Gasteiger partial charge in [0.1, 0.15) is 16.5 Å². The van der Waals surface area contributed by atoms with E-state index in [9.17, 15) is 17.6 Å². The number of rotatable bonds is 6. The average Bonchev–Trinajstić information content (AvgIpc) is 2.38. The van der Waals surface area contributed by atoms with Crippen LogP contribution in [0.15, 0.2) is 23.1 Å². The molecule has 0 aliphatic heterocycles. The second-order valence-corrected chi connectivity index (χ2v) is 5.72. The van der Waals surface area contributed by atoms with Crippen LogP contribution in [0.4, 0.5) is 4.39 Å². The number of halogens is 1. The van der Waals surface area contributed by atoms with Crippen LogP contribution >= 0.6 is 0 Å². The molecule has 0 fully saturated rings. The number of carbonyl (C=O) groups is 1. The Kier molecular flexibility index (Phi) is 5.46. The minimum absolute atomic E-state index is 0.00185. The molecule has 112 valence electrons. The number of nitrogens with one attached hydrogen (secondary N) is 2. The van der Waals surface area contributed by atoms with E-state index in [2.05, 4.69) is 10.0 Å². The molecule has 0 aromatic heterocycles. The van der Waals surface area contributed by atoms with Crippen molar-refractivity contribution < 1.29 is 22.3 Å². The summed E-state index contributed by atoms with van der Waals surface area (Å²) >= 11 is 0. The number of hydrogen-bond donors (Lipinski definition) is 2. The van der Waals surface area contributed by atoms with Gasteiger partial charge in [-0.1, -0.05) is 0 Å². The van der Waals surface area contributed by atoms with Crippen molar-refractivity contribution in [3.8, 4) is 5.75 Å². The summed E-state index contributed by atoms with van der Waals surface area (Å²) < 4.78 is 44.6. The van der Waals surface area contributed by atoms with Gasteiger partial charge in [0.05, 0.1) is 13.2 Å². The Balaban J connectivity index is 3.05. The molecule has 1 unspecified atom stereocenters. The quantitative estimate of drug-likeness (QED) is 0.807. The van der Waals surface area contributed by atoms with Crippen molar-refractivity contribution in [1.82, 2.24) is 10.0 Å². The van der Waals surface area contributed by atoms with Crippen molar-refractivity contribution in [1.29, 1.82) is 0 Å². The van der Waals surface area contributed by atoms with Gasteiger partial charge in [-0.2, -0.15) is 4.72 Å². The number of carbonyl (C=O) groups excluding carboxylic acids is 1. The van der Waals surface area contributed by atoms with Crippen LogP contribution in [0.5, 0.6) is 5.75 Å². The molecule has 1 rings (SSSR count). The fourth-order valence-electron chi connectivity index (χ4n) is 1.54. The van der Waals surface area contributed by atoms with Crippen molar-refractivity contribution in [2.24, 2.45) is 0 Å². The van der Waals surface area contributed by atoms with Crippen molar-refractivity contribution in [3.63, 3.8) is 0 Å². The molecule has 0 saturated heterocycles. The Labute approximate surface area is 117 Å². The number of sulfonamides is 1.